The van der Waals surface area contributed by atoms with Crippen LogP contribution >= 0.6 is 15.9 Å². The van der Waals surface area contributed by atoms with Crippen molar-refractivity contribution in [2.24, 2.45) is 17.8 Å². The molecule has 0 N–H and O–H groups in total. The van der Waals surface area contributed by atoms with E-state index in [1.165, 1.54) is 0 Å². The van der Waals surface area contributed by atoms with Crippen LogP contribution in [0, 0.1) is 17.8 Å². The highest BCUT2D eigenvalue weighted by molar-refractivity contribution is 9.09. The van der Waals surface area contributed by atoms with Crippen LogP contribution in [0.4, 0.5) is 4.79 Å². The number of alkyl halides is 1. The van der Waals surface area contributed by atoms with Gasteiger partial charge in [0.25, 0.3) is 0 Å². The van der Waals surface area contributed by atoms with E-state index in [1.807, 2.05) is 20.8 Å². The van der Waals surface area contributed by atoms with Crippen molar-refractivity contribution in [3.63, 3.8) is 0 Å². The Morgan fingerprint density at radius 3 is 2.24 bits per heavy atom. The number of Topliss-reactive ketones (excluding diaryl/α,β-unsaturated/α-hetero) is 1. The van der Waals surface area contributed by atoms with Crippen molar-refractivity contribution in [1.82, 2.24) is 4.90 Å². The molecule has 1 aliphatic carbocycles. The molecule has 2 aliphatic rings. The maximum atomic E-state index is 11.8. The Morgan fingerprint density at radius 1 is 1.29 bits per heavy atom. The zero-order valence-electron chi connectivity index (χ0n) is 10.4. The van der Waals surface area contributed by atoms with E-state index in [0.717, 1.165) is 0 Å². The summed E-state index contributed by atoms with van der Waals surface area (Å²) in [5, 5.41) is 0.428. The van der Waals surface area contributed by atoms with Gasteiger partial charge in [-0.25, -0.2) is 4.79 Å². The van der Waals surface area contributed by atoms with Gasteiger partial charge in [-0.3, -0.25) is 4.79 Å². The molecule has 4 nitrogen and oxygen atoms in total. The molecule has 0 aromatic heterocycles. The third-order valence-electron chi connectivity index (χ3n) is 3.35. The number of likely N-dealkylation sites (tertiary alicyclic amines) is 1. The minimum Gasteiger partial charge on any atom is -0.444 e. The van der Waals surface area contributed by atoms with Gasteiger partial charge in [0.15, 0.2) is 0 Å². The van der Waals surface area contributed by atoms with E-state index < -0.39 is 5.60 Å². The lowest BCUT2D eigenvalue weighted by molar-refractivity contribution is -0.118. The van der Waals surface area contributed by atoms with Gasteiger partial charge in [-0.1, -0.05) is 15.9 Å². The molecule has 3 atom stereocenters. The maximum absolute atomic E-state index is 11.8. The molecular weight excluding hydrogens is 286 g/mol. The monoisotopic (exact) mass is 303 g/mol. The van der Waals surface area contributed by atoms with Crippen LogP contribution in [0.15, 0.2) is 0 Å². The highest BCUT2D eigenvalue weighted by Crippen LogP contribution is 2.52. The van der Waals surface area contributed by atoms with Crippen LogP contribution in [-0.4, -0.2) is 40.8 Å². The summed E-state index contributed by atoms with van der Waals surface area (Å²) >= 11 is 3.19. The van der Waals surface area contributed by atoms with Gasteiger partial charge in [0.1, 0.15) is 11.4 Å². The number of hydrogen-bond donors (Lipinski definition) is 0. The van der Waals surface area contributed by atoms with E-state index in [-0.39, 0.29) is 17.8 Å². The molecule has 1 amide bonds. The topological polar surface area (TPSA) is 46.6 Å². The molecule has 0 bridgehead atoms. The number of ether oxygens (including phenoxy) is 1. The smallest absolute Gasteiger partial charge is 0.410 e. The Balaban J connectivity index is 1.83. The fraction of sp³-hybridized carbons (Fsp3) is 0.833. The summed E-state index contributed by atoms with van der Waals surface area (Å²) in [6.45, 7) is 6.92. The Hall–Kier alpha value is -0.580. The van der Waals surface area contributed by atoms with Crippen molar-refractivity contribution >= 4 is 27.8 Å². The first-order valence-electron chi connectivity index (χ1n) is 5.90. The molecule has 2 rings (SSSR count). The molecule has 0 spiro atoms. The van der Waals surface area contributed by atoms with Gasteiger partial charge >= 0.3 is 6.09 Å². The van der Waals surface area contributed by atoms with Gasteiger partial charge in [0, 0.05) is 19.0 Å². The Labute approximate surface area is 110 Å². The molecule has 1 unspecified atom stereocenters. The van der Waals surface area contributed by atoms with E-state index in [4.69, 9.17) is 4.74 Å². The fourth-order valence-corrected chi connectivity index (χ4v) is 2.94. The lowest BCUT2D eigenvalue weighted by atomic mass is 10.2. The Kier molecular flexibility index (Phi) is 3.23. The normalized spacial score (nSPS) is 31.1. The average Bonchev–Trinajstić information content (AvgIpc) is 2.69. The van der Waals surface area contributed by atoms with E-state index >= 15 is 0 Å². The number of carbonyl (C=O) groups excluding carboxylic acids is 2. The number of halogens is 1. The number of rotatable bonds is 2. The Morgan fingerprint density at radius 2 is 1.82 bits per heavy atom. The molecule has 1 heterocycles. The van der Waals surface area contributed by atoms with Crippen LogP contribution < -0.4 is 0 Å². The van der Waals surface area contributed by atoms with Gasteiger partial charge in [-0.15, -0.1) is 0 Å². The predicted molar refractivity (Wildman–Crippen MR) is 67.1 cm³/mol. The summed E-state index contributed by atoms with van der Waals surface area (Å²) < 4.78 is 5.31. The third kappa shape index (κ3) is 2.64. The highest BCUT2D eigenvalue weighted by atomic mass is 79.9. The van der Waals surface area contributed by atoms with Gasteiger partial charge in [-0.2, -0.15) is 0 Å². The lowest BCUT2D eigenvalue weighted by Crippen LogP contribution is -2.37. The standard InChI is InChI=1S/C12H18BrNO3/c1-12(2,3)17-11(16)14-5-7-8(6-14)10(7)9(15)4-13/h7-8,10H,4-6H2,1-3H3/t7-,8+,10?. The average molecular weight is 304 g/mol. The first kappa shape index (κ1) is 12.9. The third-order valence-corrected chi connectivity index (χ3v) is 3.90. The first-order valence-corrected chi connectivity index (χ1v) is 7.02. The molecular formula is C12H18BrNO3. The summed E-state index contributed by atoms with van der Waals surface area (Å²) in [5.41, 5.74) is -0.449. The van der Waals surface area contributed by atoms with Crippen molar-refractivity contribution in [1.29, 1.82) is 0 Å². The molecule has 5 heteroatoms. The van der Waals surface area contributed by atoms with Crippen LogP contribution in [0.1, 0.15) is 20.8 Å². The number of ketones is 1. The minimum atomic E-state index is -0.449. The molecule has 1 saturated carbocycles. The zero-order chi connectivity index (χ0) is 12.8. The number of carbonyl (C=O) groups is 2. The molecule has 1 aliphatic heterocycles. The second-order valence-corrected chi connectivity index (χ2v) is 6.40. The van der Waals surface area contributed by atoms with E-state index in [2.05, 4.69) is 15.9 Å². The van der Waals surface area contributed by atoms with Crippen molar-refractivity contribution in [2.75, 3.05) is 18.4 Å². The van der Waals surface area contributed by atoms with E-state index in [1.54, 1.807) is 4.90 Å². The Bertz CT molecular complexity index is 338. The van der Waals surface area contributed by atoms with Crippen LogP contribution in [0.25, 0.3) is 0 Å². The maximum Gasteiger partial charge on any atom is 0.410 e. The largest absolute Gasteiger partial charge is 0.444 e. The van der Waals surface area contributed by atoms with Crippen molar-refractivity contribution in [3.8, 4) is 0 Å². The summed E-state index contributed by atoms with van der Waals surface area (Å²) in [6, 6.07) is 0. The van der Waals surface area contributed by atoms with Crippen molar-refractivity contribution in [2.45, 2.75) is 26.4 Å². The second kappa shape index (κ2) is 4.26. The predicted octanol–water partition coefficient (Wildman–Crippen LogP) is 2.06. The number of fused-ring (bicyclic) bond motifs is 1. The molecule has 17 heavy (non-hydrogen) atoms. The molecule has 0 aromatic carbocycles. The molecule has 0 radical (unpaired) electrons. The number of amides is 1. The summed E-state index contributed by atoms with van der Waals surface area (Å²) in [4.78, 5) is 25.0. The number of hydrogen-bond acceptors (Lipinski definition) is 3. The molecule has 1 saturated heterocycles. The lowest BCUT2D eigenvalue weighted by Gasteiger charge is -2.25. The van der Waals surface area contributed by atoms with Crippen LogP contribution in [0.3, 0.4) is 0 Å². The van der Waals surface area contributed by atoms with Gasteiger partial charge in [-0.05, 0) is 32.6 Å². The SMILES string of the molecule is CC(C)(C)OC(=O)N1C[C@@H]2C(C(=O)CBr)[C@@H]2C1. The first-order chi connectivity index (χ1) is 7.83. The van der Waals surface area contributed by atoms with E-state index in [9.17, 15) is 9.59 Å². The number of nitrogens with zero attached hydrogens (tertiary/aromatic N) is 1. The molecule has 96 valence electrons. The van der Waals surface area contributed by atoms with Gasteiger partial charge in [0.2, 0.25) is 0 Å². The second-order valence-electron chi connectivity index (χ2n) is 5.84. The quantitative estimate of drug-likeness (QED) is 0.734. The van der Waals surface area contributed by atoms with Crippen LogP contribution in [-0.2, 0) is 9.53 Å². The summed E-state index contributed by atoms with van der Waals surface area (Å²) in [7, 11) is 0. The van der Waals surface area contributed by atoms with Crippen LogP contribution in [0.2, 0.25) is 0 Å². The van der Waals surface area contributed by atoms with Crippen LogP contribution in [0.5, 0.6) is 0 Å². The zero-order valence-corrected chi connectivity index (χ0v) is 12.0. The van der Waals surface area contributed by atoms with Crippen molar-refractivity contribution < 1.29 is 14.3 Å². The van der Waals surface area contributed by atoms with Gasteiger partial charge in [0.05, 0.1) is 5.33 Å². The fourth-order valence-electron chi connectivity index (χ4n) is 2.57. The summed E-state index contributed by atoms with van der Waals surface area (Å²) in [5.74, 6) is 1.18. The highest BCUT2D eigenvalue weighted by Gasteiger charge is 2.59. The number of piperidine rings is 1. The van der Waals surface area contributed by atoms with Crippen molar-refractivity contribution in [3.05, 3.63) is 0 Å². The summed E-state index contributed by atoms with van der Waals surface area (Å²) in [6.07, 6.45) is -0.255. The minimum absolute atomic E-state index is 0.174. The van der Waals surface area contributed by atoms with Gasteiger partial charge < -0.3 is 9.64 Å². The molecule has 0 aromatic rings. The molecule has 2 fully saturated rings. The van der Waals surface area contributed by atoms with E-state index in [0.29, 0.717) is 30.3 Å².